The highest BCUT2D eigenvalue weighted by Crippen LogP contribution is 2.22. The summed E-state index contributed by atoms with van der Waals surface area (Å²) in [5.41, 5.74) is 2.44. The number of esters is 1. The quantitative estimate of drug-likeness (QED) is 0.431. The van der Waals surface area contributed by atoms with Crippen molar-refractivity contribution in [1.82, 2.24) is 5.32 Å². The number of aryl methyl sites for hydroxylation is 1. The van der Waals surface area contributed by atoms with E-state index in [9.17, 15) is 19.2 Å². The van der Waals surface area contributed by atoms with Crippen molar-refractivity contribution in [3.8, 4) is 0 Å². The summed E-state index contributed by atoms with van der Waals surface area (Å²) < 4.78 is 5.18. The van der Waals surface area contributed by atoms with Crippen molar-refractivity contribution in [1.29, 1.82) is 0 Å². The van der Waals surface area contributed by atoms with Gasteiger partial charge in [0, 0.05) is 11.6 Å². The molecule has 0 aliphatic heterocycles. The molecule has 3 amide bonds. The Hall–Kier alpha value is -4.46. The lowest BCUT2D eigenvalue weighted by molar-refractivity contribution is -0.119. The molecular formula is C27H25N3O5. The Balaban J connectivity index is 1.37. The molecule has 0 bridgehead atoms. The number of hydrogen-bond acceptors (Lipinski definition) is 5. The number of benzene rings is 3. The van der Waals surface area contributed by atoms with Crippen LogP contribution in [0.3, 0.4) is 0 Å². The fraction of sp³-hybridized carbons (Fsp3) is 0.185. The topological polar surface area (TPSA) is 114 Å². The maximum atomic E-state index is 12.7. The van der Waals surface area contributed by atoms with Crippen molar-refractivity contribution in [2.45, 2.75) is 25.8 Å². The van der Waals surface area contributed by atoms with Gasteiger partial charge in [-0.05, 0) is 56.2 Å². The molecule has 1 aliphatic rings. The van der Waals surface area contributed by atoms with Gasteiger partial charge >= 0.3 is 5.97 Å². The minimum absolute atomic E-state index is 0.116. The van der Waals surface area contributed by atoms with Crippen molar-refractivity contribution in [2.24, 2.45) is 0 Å². The Morgan fingerprint density at radius 1 is 0.800 bits per heavy atom. The molecular weight excluding hydrogens is 446 g/mol. The summed E-state index contributed by atoms with van der Waals surface area (Å²) in [7, 11) is 0. The van der Waals surface area contributed by atoms with Crippen LogP contribution in [-0.4, -0.2) is 36.3 Å². The van der Waals surface area contributed by atoms with Crippen LogP contribution in [0.2, 0.25) is 0 Å². The van der Waals surface area contributed by atoms with Gasteiger partial charge in [-0.2, -0.15) is 0 Å². The lowest BCUT2D eigenvalue weighted by atomic mass is 10.1. The highest BCUT2D eigenvalue weighted by molar-refractivity contribution is 6.08. The van der Waals surface area contributed by atoms with Crippen LogP contribution < -0.4 is 16.0 Å². The van der Waals surface area contributed by atoms with Gasteiger partial charge in [0.05, 0.1) is 22.5 Å². The van der Waals surface area contributed by atoms with E-state index in [0.29, 0.717) is 16.8 Å². The molecule has 0 saturated heterocycles. The predicted octanol–water partition coefficient (Wildman–Crippen LogP) is 3.94. The summed E-state index contributed by atoms with van der Waals surface area (Å²) in [5, 5.41) is 8.22. The minimum Gasteiger partial charge on any atom is -0.452 e. The van der Waals surface area contributed by atoms with E-state index in [4.69, 9.17) is 4.74 Å². The molecule has 0 atom stereocenters. The zero-order valence-electron chi connectivity index (χ0n) is 19.2. The van der Waals surface area contributed by atoms with Crippen molar-refractivity contribution >= 4 is 35.1 Å². The second kappa shape index (κ2) is 10.6. The van der Waals surface area contributed by atoms with E-state index in [0.717, 1.165) is 18.4 Å². The fourth-order valence-electron chi connectivity index (χ4n) is 3.43. The molecule has 4 rings (SSSR count). The Morgan fingerprint density at radius 3 is 2.14 bits per heavy atom. The highest BCUT2D eigenvalue weighted by atomic mass is 16.5. The van der Waals surface area contributed by atoms with Gasteiger partial charge in [0.2, 0.25) is 0 Å². The van der Waals surface area contributed by atoms with Crippen LogP contribution in [0, 0.1) is 6.92 Å². The molecule has 3 aromatic rings. The highest BCUT2D eigenvalue weighted by Gasteiger charge is 2.25. The van der Waals surface area contributed by atoms with Crippen molar-refractivity contribution in [2.75, 3.05) is 17.2 Å². The second-order valence-electron chi connectivity index (χ2n) is 8.29. The molecule has 3 aromatic carbocycles. The first-order chi connectivity index (χ1) is 16.9. The van der Waals surface area contributed by atoms with Crippen LogP contribution in [0.25, 0.3) is 0 Å². The van der Waals surface area contributed by atoms with Gasteiger partial charge < -0.3 is 20.7 Å². The molecule has 8 nitrogen and oxygen atoms in total. The standard InChI is InChI=1S/C27H25N3O5/c1-17-7-6-8-18(15-17)25(32)30-23-12-5-3-10-21(23)27(34)35-16-24(31)29-22-11-4-2-9-20(22)26(33)28-19-13-14-19/h2-12,15,19H,13-14,16H2,1H3,(H,28,33)(H,29,31)(H,30,32). The zero-order valence-corrected chi connectivity index (χ0v) is 19.2. The molecule has 0 aromatic heterocycles. The van der Waals surface area contributed by atoms with Crippen LogP contribution in [0.1, 0.15) is 49.5 Å². The van der Waals surface area contributed by atoms with Crippen molar-refractivity contribution < 1.29 is 23.9 Å². The third-order valence-corrected chi connectivity index (χ3v) is 5.37. The molecule has 0 unspecified atom stereocenters. The Labute approximate surface area is 202 Å². The Morgan fingerprint density at radius 2 is 1.46 bits per heavy atom. The van der Waals surface area contributed by atoms with Gasteiger partial charge in [-0.1, -0.05) is 42.0 Å². The van der Waals surface area contributed by atoms with Crippen LogP contribution in [0.15, 0.2) is 72.8 Å². The number of carbonyl (C=O) groups excluding carboxylic acids is 4. The van der Waals surface area contributed by atoms with Gasteiger partial charge in [0.15, 0.2) is 6.61 Å². The van der Waals surface area contributed by atoms with E-state index in [-0.39, 0.29) is 29.1 Å². The molecule has 0 heterocycles. The maximum absolute atomic E-state index is 12.7. The van der Waals surface area contributed by atoms with Gasteiger partial charge in [-0.3, -0.25) is 14.4 Å². The molecule has 8 heteroatoms. The SMILES string of the molecule is Cc1cccc(C(=O)Nc2ccccc2C(=O)OCC(=O)Nc2ccccc2C(=O)NC2CC2)c1. The molecule has 3 N–H and O–H groups in total. The summed E-state index contributed by atoms with van der Waals surface area (Å²) >= 11 is 0. The average molecular weight is 472 g/mol. The largest absolute Gasteiger partial charge is 0.452 e. The molecule has 35 heavy (non-hydrogen) atoms. The lowest BCUT2D eigenvalue weighted by Crippen LogP contribution is -2.28. The second-order valence-corrected chi connectivity index (χ2v) is 8.29. The summed E-state index contributed by atoms with van der Waals surface area (Å²) in [6, 6.07) is 20.3. The van der Waals surface area contributed by atoms with E-state index in [1.807, 2.05) is 13.0 Å². The molecule has 178 valence electrons. The van der Waals surface area contributed by atoms with Gasteiger partial charge in [0.1, 0.15) is 0 Å². The van der Waals surface area contributed by atoms with Gasteiger partial charge in [-0.15, -0.1) is 0 Å². The first kappa shape index (κ1) is 23.7. The van der Waals surface area contributed by atoms with E-state index < -0.39 is 18.5 Å². The maximum Gasteiger partial charge on any atom is 0.340 e. The van der Waals surface area contributed by atoms with Crippen LogP contribution in [-0.2, 0) is 9.53 Å². The zero-order chi connectivity index (χ0) is 24.8. The smallest absolute Gasteiger partial charge is 0.340 e. The van der Waals surface area contributed by atoms with E-state index >= 15 is 0 Å². The number of para-hydroxylation sites is 2. The lowest BCUT2D eigenvalue weighted by Gasteiger charge is -2.13. The number of nitrogens with one attached hydrogen (secondary N) is 3. The van der Waals surface area contributed by atoms with Crippen LogP contribution >= 0.6 is 0 Å². The number of anilines is 2. The molecule has 1 fully saturated rings. The Bertz CT molecular complexity index is 1280. The number of ether oxygens (including phenoxy) is 1. The number of hydrogen-bond donors (Lipinski definition) is 3. The minimum atomic E-state index is -0.764. The molecule has 1 saturated carbocycles. The molecule has 0 spiro atoms. The molecule has 1 aliphatic carbocycles. The summed E-state index contributed by atoms with van der Waals surface area (Å²) in [4.78, 5) is 50.1. The van der Waals surface area contributed by atoms with Crippen LogP contribution in [0.5, 0.6) is 0 Å². The average Bonchev–Trinajstić information content (AvgIpc) is 3.67. The van der Waals surface area contributed by atoms with Crippen molar-refractivity contribution in [3.63, 3.8) is 0 Å². The molecule has 0 radical (unpaired) electrons. The van der Waals surface area contributed by atoms with E-state index in [2.05, 4.69) is 16.0 Å². The van der Waals surface area contributed by atoms with E-state index in [1.165, 1.54) is 6.07 Å². The third-order valence-electron chi connectivity index (χ3n) is 5.37. The number of rotatable bonds is 8. The van der Waals surface area contributed by atoms with Gasteiger partial charge in [0.25, 0.3) is 17.7 Å². The normalized spacial score (nSPS) is 12.4. The number of carbonyl (C=O) groups is 4. The number of amides is 3. The fourth-order valence-corrected chi connectivity index (χ4v) is 3.43. The first-order valence-corrected chi connectivity index (χ1v) is 11.2. The summed E-state index contributed by atoms with van der Waals surface area (Å²) in [5.74, 6) is -1.99. The van der Waals surface area contributed by atoms with Gasteiger partial charge in [-0.25, -0.2) is 4.79 Å². The third kappa shape index (κ3) is 6.32. The predicted molar refractivity (Wildman–Crippen MR) is 131 cm³/mol. The van der Waals surface area contributed by atoms with Crippen LogP contribution in [0.4, 0.5) is 11.4 Å². The monoisotopic (exact) mass is 471 g/mol. The van der Waals surface area contributed by atoms with E-state index in [1.54, 1.807) is 60.7 Å². The Kier molecular flexibility index (Phi) is 7.21. The van der Waals surface area contributed by atoms with Crippen molar-refractivity contribution in [3.05, 3.63) is 95.1 Å². The summed E-state index contributed by atoms with van der Waals surface area (Å²) in [6.45, 7) is 1.32. The first-order valence-electron chi connectivity index (χ1n) is 11.2. The summed E-state index contributed by atoms with van der Waals surface area (Å²) in [6.07, 6.45) is 1.90.